The van der Waals surface area contributed by atoms with Gasteiger partial charge in [0.15, 0.2) is 11.5 Å². The molecular weight excluding hydrogens is 290 g/mol. The van der Waals surface area contributed by atoms with Crippen molar-refractivity contribution in [1.82, 2.24) is 14.7 Å². The van der Waals surface area contributed by atoms with Gasteiger partial charge in [-0.3, -0.25) is 4.98 Å². The molecule has 1 aromatic carbocycles. The number of rotatable bonds is 4. The van der Waals surface area contributed by atoms with E-state index in [9.17, 15) is 8.42 Å². The highest BCUT2D eigenvalue weighted by atomic mass is 32.2. The highest BCUT2D eigenvalue weighted by Gasteiger charge is 2.15. The van der Waals surface area contributed by atoms with Crippen LogP contribution in [0.25, 0.3) is 11.1 Å². The molecule has 0 amide bonds. The molecule has 0 saturated heterocycles. The minimum Gasteiger partial charge on any atom is -0.441 e. The zero-order valence-corrected chi connectivity index (χ0v) is 12.1. The van der Waals surface area contributed by atoms with Crippen molar-refractivity contribution in [2.45, 2.75) is 18.4 Å². The van der Waals surface area contributed by atoms with E-state index in [4.69, 9.17) is 4.42 Å². The third-order valence-corrected chi connectivity index (χ3v) is 4.39. The van der Waals surface area contributed by atoms with Gasteiger partial charge in [-0.2, -0.15) is 0 Å². The third kappa shape index (κ3) is 2.93. The van der Waals surface area contributed by atoms with E-state index in [0.717, 1.165) is 5.56 Å². The summed E-state index contributed by atoms with van der Waals surface area (Å²) < 4.78 is 32.4. The predicted molar refractivity (Wildman–Crippen MR) is 77.0 cm³/mol. The molecule has 0 bridgehead atoms. The molecule has 0 atom stereocenters. The van der Waals surface area contributed by atoms with E-state index in [2.05, 4.69) is 14.7 Å². The molecule has 0 radical (unpaired) electrons. The van der Waals surface area contributed by atoms with Gasteiger partial charge in [-0.1, -0.05) is 0 Å². The summed E-state index contributed by atoms with van der Waals surface area (Å²) in [5.41, 5.74) is 1.94. The molecular formula is C14H13N3O3S. The second-order valence-corrected chi connectivity index (χ2v) is 6.31. The van der Waals surface area contributed by atoms with E-state index in [1.807, 2.05) is 0 Å². The van der Waals surface area contributed by atoms with E-state index in [1.54, 1.807) is 37.5 Å². The van der Waals surface area contributed by atoms with Crippen molar-refractivity contribution in [1.29, 1.82) is 0 Å². The van der Waals surface area contributed by atoms with Crippen LogP contribution in [-0.2, 0) is 16.6 Å². The van der Waals surface area contributed by atoms with Crippen molar-refractivity contribution in [3.63, 3.8) is 0 Å². The molecule has 0 spiro atoms. The fourth-order valence-electron chi connectivity index (χ4n) is 1.95. The van der Waals surface area contributed by atoms with Gasteiger partial charge >= 0.3 is 0 Å². The Morgan fingerprint density at radius 3 is 2.71 bits per heavy atom. The van der Waals surface area contributed by atoms with Gasteiger partial charge in [-0.05, 0) is 35.9 Å². The molecule has 6 nitrogen and oxygen atoms in total. The molecule has 21 heavy (non-hydrogen) atoms. The van der Waals surface area contributed by atoms with Crippen LogP contribution in [-0.4, -0.2) is 18.4 Å². The maximum atomic E-state index is 12.3. The van der Waals surface area contributed by atoms with Gasteiger partial charge in [0.05, 0.1) is 4.90 Å². The van der Waals surface area contributed by atoms with Gasteiger partial charge in [0, 0.05) is 25.9 Å². The lowest BCUT2D eigenvalue weighted by molar-refractivity contribution is 0.561. The number of sulfonamides is 1. The van der Waals surface area contributed by atoms with Crippen molar-refractivity contribution in [2.24, 2.45) is 0 Å². The largest absolute Gasteiger partial charge is 0.441 e. The first-order valence-electron chi connectivity index (χ1n) is 6.30. The van der Waals surface area contributed by atoms with Crippen LogP contribution in [0.15, 0.2) is 52.0 Å². The van der Waals surface area contributed by atoms with Crippen LogP contribution in [0.3, 0.4) is 0 Å². The van der Waals surface area contributed by atoms with Gasteiger partial charge in [-0.25, -0.2) is 18.1 Å². The number of fused-ring (bicyclic) bond motifs is 1. The molecule has 3 rings (SSSR count). The average Bonchev–Trinajstić information content (AvgIpc) is 2.85. The molecule has 3 aromatic rings. The second-order valence-electron chi connectivity index (χ2n) is 4.54. The number of aryl methyl sites for hydroxylation is 1. The van der Waals surface area contributed by atoms with Crippen LogP contribution >= 0.6 is 0 Å². The lowest BCUT2D eigenvalue weighted by Gasteiger charge is -2.06. The van der Waals surface area contributed by atoms with E-state index >= 15 is 0 Å². The fraction of sp³-hybridized carbons (Fsp3) is 0.143. The van der Waals surface area contributed by atoms with Crippen LogP contribution in [0.4, 0.5) is 0 Å². The number of nitrogens with one attached hydrogen (secondary N) is 1. The van der Waals surface area contributed by atoms with E-state index in [-0.39, 0.29) is 11.4 Å². The monoisotopic (exact) mass is 303 g/mol. The highest BCUT2D eigenvalue weighted by molar-refractivity contribution is 7.89. The summed E-state index contributed by atoms with van der Waals surface area (Å²) >= 11 is 0. The van der Waals surface area contributed by atoms with Gasteiger partial charge in [0.1, 0.15) is 5.52 Å². The first kappa shape index (κ1) is 13.7. The smallest absolute Gasteiger partial charge is 0.240 e. The molecule has 7 heteroatoms. The molecule has 0 unspecified atom stereocenters. The summed E-state index contributed by atoms with van der Waals surface area (Å²) in [6.45, 7) is 1.93. The lowest BCUT2D eigenvalue weighted by Crippen LogP contribution is -2.23. The number of pyridine rings is 1. The Kier molecular flexibility index (Phi) is 3.44. The van der Waals surface area contributed by atoms with Crippen LogP contribution in [0.5, 0.6) is 0 Å². The highest BCUT2D eigenvalue weighted by Crippen LogP contribution is 2.19. The quantitative estimate of drug-likeness (QED) is 0.797. The Labute approximate surface area is 121 Å². The first-order chi connectivity index (χ1) is 10.0. The minimum absolute atomic E-state index is 0.164. The number of oxazole rings is 1. The summed E-state index contributed by atoms with van der Waals surface area (Å²) in [5.74, 6) is 0.504. The molecule has 0 aliphatic heterocycles. The Bertz CT molecular complexity index is 873. The molecule has 0 aliphatic rings. The van der Waals surface area contributed by atoms with Gasteiger partial charge < -0.3 is 4.42 Å². The third-order valence-electron chi connectivity index (χ3n) is 2.99. The first-order valence-corrected chi connectivity index (χ1v) is 7.79. The number of aromatic nitrogens is 2. The lowest BCUT2D eigenvalue weighted by atomic mass is 10.3. The van der Waals surface area contributed by atoms with Crippen LogP contribution in [0, 0.1) is 6.92 Å². The van der Waals surface area contributed by atoms with Crippen molar-refractivity contribution in [3.05, 3.63) is 54.2 Å². The zero-order valence-electron chi connectivity index (χ0n) is 11.3. The van der Waals surface area contributed by atoms with Crippen molar-refractivity contribution >= 4 is 21.1 Å². The molecule has 2 heterocycles. The van der Waals surface area contributed by atoms with Crippen molar-refractivity contribution < 1.29 is 12.8 Å². The number of hydrogen-bond acceptors (Lipinski definition) is 5. The summed E-state index contributed by atoms with van der Waals surface area (Å²) in [6.07, 6.45) is 3.24. The van der Waals surface area contributed by atoms with Gasteiger partial charge in [0.2, 0.25) is 10.0 Å². The molecule has 2 aromatic heterocycles. The maximum Gasteiger partial charge on any atom is 0.240 e. The van der Waals surface area contributed by atoms with Crippen molar-refractivity contribution in [2.75, 3.05) is 0 Å². The molecule has 108 valence electrons. The average molecular weight is 303 g/mol. The summed E-state index contributed by atoms with van der Waals surface area (Å²) in [4.78, 5) is 8.19. The Hall–Kier alpha value is -2.25. The topological polar surface area (TPSA) is 85.1 Å². The van der Waals surface area contributed by atoms with Gasteiger partial charge in [-0.15, -0.1) is 0 Å². The van der Waals surface area contributed by atoms with E-state index in [1.165, 1.54) is 12.1 Å². The number of nitrogens with zero attached hydrogens (tertiary/aromatic N) is 2. The van der Waals surface area contributed by atoms with Gasteiger partial charge in [0.25, 0.3) is 0 Å². The Balaban J connectivity index is 1.85. The number of benzene rings is 1. The van der Waals surface area contributed by atoms with Crippen molar-refractivity contribution in [3.8, 4) is 0 Å². The SMILES string of the molecule is Cc1nc2cc(S(=O)(=O)NCc3ccncc3)ccc2o1. The second kappa shape index (κ2) is 5.27. The Morgan fingerprint density at radius 2 is 1.95 bits per heavy atom. The summed E-state index contributed by atoms with van der Waals surface area (Å²) in [6, 6.07) is 8.12. The van der Waals surface area contributed by atoms with Crippen LogP contribution in [0.1, 0.15) is 11.5 Å². The zero-order chi connectivity index (χ0) is 14.9. The molecule has 0 saturated carbocycles. The normalized spacial score (nSPS) is 11.9. The maximum absolute atomic E-state index is 12.3. The summed E-state index contributed by atoms with van der Waals surface area (Å²) in [5, 5.41) is 0. The Morgan fingerprint density at radius 1 is 1.19 bits per heavy atom. The molecule has 1 N–H and O–H groups in total. The standard InChI is InChI=1S/C14H13N3O3S/c1-10-17-13-8-12(2-3-14(13)20-10)21(18,19)16-9-11-4-6-15-7-5-11/h2-8,16H,9H2,1H3. The minimum atomic E-state index is -3.59. The number of hydrogen-bond donors (Lipinski definition) is 1. The predicted octanol–water partition coefficient (Wildman–Crippen LogP) is 2.01. The molecule has 0 fully saturated rings. The van der Waals surface area contributed by atoms with Crippen LogP contribution in [0.2, 0.25) is 0 Å². The van der Waals surface area contributed by atoms with E-state index < -0.39 is 10.0 Å². The van der Waals surface area contributed by atoms with Crippen LogP contribution < -0.4 is 4.72 Å². The fourth-order valence-corrected chi connectivity index (χ4v) is 2.99. The molecule has 0 aliphatic carbocycles. The summed E-state index contributed by atoms with van der Waals surface area (Å²) in [7, 11) is -3.59. The van der Waals surface area contributed by atoms with E-state index in [0.29, 0.717) is 17.0 Å².